The molecule has 0 unspecified atom stereocenters. The third kappa shape index (κ3) is 5.05. The maximum absolute atomic E-state index is 12.7. The Morgan fingerprint density at radius 3 is 2.73 bits per heavy atom. The van der Waals surface area contributed by atoms with Crippen LogP contribution in [0.2, 0.25) is 0 Å². The lowest BCUT2D eigenvalue weighted by molar-refractivity contribution is -0.124. The van der Waals surface area contributed by atoms with Crippen LogP contribution in [0.25, 0.3) is 11.1 Å². The molecule has 5 nitrogen and oxygen atoms in total. The zero-order chi connectivity index (χ0) is 20.8. The summed E-state index contributed by atoms with van der Waals surface area (Å²) >= 11 is 0. The zero-order valence-corrected chi connectivity index (χ0v) is 17.3. The first-order valence-corrected chi connectivity index (χ1v) is 10.3. The zero-order valence-electron chi connectivity index (χ0n) is 17.3. The van der Waals surface area contributed by atoms with Crippen LogP contribution < -0.4 is 10.1 Å². The van der Waals surface area contributed by atoms with Gasteiger partial charge in [-0.2, -0.15) is 0 Å². The van der Waals surface area contributed by atoms with Crippen LogP contribution >= 0.6 is 0 Å². The number of nitrogens with zero attached hydrogens (tertiary/aromatic N) is 2. The number of benzene rings is 2. The largest absolute Gasteiger partial charge is 0.497 e. The molecule has 3 aromatic rings. The minimum Gasteiger partial charge on any atom is -0.497 e. The number of nitrogens with one attached hydrogen (secondary N) is 1. The van der Waals surface area contributed by atoms with Crippen molar-refractivity contribution in [3.8, 4) is 16.9 Å². The van der Waals surface area contributed by atoms with Gasteiger partial charge in [-0.25, -0.2) is 0 Å². The second-order valence-electron chi connectivity index (χ2n) is 7.72. The number of ether oxygens (including phenoxy) is 1. The van der Waals surface area contributed by atoms with Crippen LogP contribution in [0.1, 0.15) is 11.1 Å². The Bertz CT molecular complexity index is 990. The van der Waals surface area contributed by atoms with E-state index in [9.17, 15) is 4.79 Å². The highest BCUT2D eigenvalue weighted by molar-refractivity contribution is 5.79. The van der Waals surface area contributed by atoms with E-state index in [4.69, 9.17) is 4.74 Å². The lowest BCUT2D eigenvalue weighted by Gasteiger charge is -2.23. The minimum atomic E-state index is -0.0812. The number of hydrogen-bond donors (Lipinski definition) is 1. The van der Waals surface area contributed by atoms with E-state index in [0.717, 1.165) is 36.5 Å². The van der Waals surface area contributed by atoms with Crippen LogP contribution in [0.3, 0.4) is 0 Å². The third-order valence-corrected chi connectivity index (χ3v) is 5.52. The lowest BCUT2D eigenvalue weighted by Crippen LogP contribution is -2.33. The van der Waals surface area contributed by atoms with E-state index in [1.165, 1.54) is 11.1 Å². The van der Waals surface area contributed by atoms with E-state index < -0.39 is 0 Å². The number of amides is 1. The van der Waals surface area contributed by atoms with Gasteiger partial charge in [0.15, 0.2) is 0 Å². The average Bonchev–Trinajstić information content (AvgIpc) is 2.95. The summed E-state index contributed by atoms with van der Waals surface area (Å²) in [6.07, 6.45) is 4.36. The van der Waals surface area contributed by atoms with Crippen LogP contribution in [-0.2, 0) is 17.8 Å². The monoisotopic (exact) mass is 401 g/mol. The van der Waals surface area contributed by atoms with Gasteiger partial charge in [0.25, 0.3) is 0 Å². The molecule has 1 atom stereocenters. The molecule has 2 heterocycles. The molecular weight excluding hydrogens is 374 g/mol. The van der Waals surface area contributed by atoms with Crippen molar-refractivity contribution in [2.75, 3.05) is 26.7 Å². The summed E-state index contributed by atoms with van der Waals surface area (Å²) in [5.74, 6) is 0.914. The van der Waals surface area contributed by atoms with Gasteiger partial charge in [-0.1, -0.05) is 42.5 Å². The Balaban J connectivity index is 1.48. The van der Waals surface area contributed by atoms with Gasteiger partial charge >= 0.3 is 0 Å². The van der Waals surface area contributed by atoms with Crippen LogP contribution in [-0.4, -0.2) is 42.5 Å². The van der Waals surface area contributed by atoms with Gasteiger partial charge in [0, 0.05) is 38.6 Å². The Morgan fingerprint density at radius 2 is 1.90 bits per heavy atom. The Morgan fingerprint density at radius 1 is 1.07 bits per heavy atom. The van der Waals surface area contributed by atoms with Gasteiger partial charge in [-0.3, -0.25) is 14.7 Å². The molecule has 0 radical (unpaired) electrons. The molecule has 0 spiro atoms. The van der Waals surface area contributed by atoms with E-state index in [2.05, 4.69) is 57.7 Å². The average molecular weight is 402 g/mol. The maximum Gasteiger partial charge on any atom is 0.224 e. The molecule has 1 saturated heterocycles. The molecule has 1 fully saturated rings. The molecular formula is C25H27N3O2. The van der Waals surface area contributed by atoms with E-state index in [1.54, 1.807) is 13.3 Å². The van der Waals surface area contributed by atoms with Crippen LogP contribution in [0.15, 0.2) is 73.1 Å². The normalized spacial score (nSPS) is 17.2. The standard InChI is InChI=1S/C25H27N3O2/c1-30-24-9-3-6-20(15-24)17-28-12-11-27-25(29)23(18-28)14-19-5-2-7-21(13-19)22-8-4-10-26-16-22/h2-10,13,15-16,23H,11-12,14,17-18H2,1H3,(H,27,29)/t23-/m1/s1. The highest BCUT2D eigenvalue weighted by Crippen LogP contribution is 2.22. The highest BCUT2D eigenvalue weighted by atomic mass is 16.5. The number of methoxy groups -OCH3 is 1. The Labute approximate surface area is 177 Å². The van der Waals surface area contributed by atoms with Crippen molar-refractivity contribution in [1.29, 1.82) is 0 Å². The van der Waals surface area contributed by atoms with Crippen molar-refractivity contribution < 1.29 is 9.53 Å². The van der Waals surface area contributed by atoms with Crippen LogP contribution in [0, 0.1) is 5.92 Å². The molecule has 0 saturated carbocycles. The SMILES string of the molecule is COc1cccc(CN2CCNC(=O)[C@H](Cc3cccc(-c4cccnc4)c3)C2)c1. The van der Waals surface area contributed by atoms with E-state index in [0.29, 0.717) is 13.0 Å². The van der Waals surface area contributed by atoms with Crippen molar-refractivity contribution in [3.63, 3.8) is 0 Å². The van der Waals surface area contributed by atoms with E-state index in [1.807, 2.05) is 24.4 Å². The first-order valence-electron chi connectivity index (χ1n) is 10.3. The molecule has 30 heavy (non-hydrogen) atoms. The molecule has 4 rings (SSSR count). The van der Waals surface area contributed by atoms with Gasteiger partial charge in [0.2, 0.25) is 5.91 Å². The fraction of sp³-hybridized carbons (Fsp3) is 0.280. The molecule has 1 amide bonds. The quantitative estimate of drug-likeness (QED) is 0.686. The van der Waals surface area contributed by atoms with Crippen molar-refractivity contribution in [2.24, 2.45) is 5.92 Å². The van der Waals surface area contributed by atoms with Gasteiger partial charge in [-0.15, -0.1) is 0 Å². The predicted molar refractivity (Wildman–Crippen MR) is 118 cm³/mol. The third-order valence-electron chi connectivity index (χ3n) is 5.52. The van der Waals surface area contributed by atoms with E-state index >= 15 is 0 Å². The summed E-state index contributed by atoms with van der Waals surface area (Å²) in [6.45, 7) is 3.06. The molecule has 0 bridgehead atoms. The van der Waals surface area contributed by atoms with Crippen molar-refractivity contribution in [1.82, 2.24) is 15.2 Å². The Hall–Kier alpha value is -3.18. The molecule has 1 aliphatic heterocycles. The highest BCUT2D eigenvalue weighted by Gasteiger charge is 2.25. The fourth-order valence-corrected chi connectivity index (χ4v) is 3.99. The van der Waals surface area contributed by atoms with Crippen molar-refractivity contribution >= 4 is 5.91 Å². The molecule has 5 heteroatoms. The fourth-order valence-electron chi connectivity index (χ4n) is 3.99. The summed E-state index contributed by atoms with van der Waals surface area (Å²) < 4.78 is 5.34. The number of rotatable bonds is 6. The number of carbonyl (C=O) groups excluding carboxylic acids is 1. The van der Waals surface area contributed by atoms with Crippen molar-refractivity contribution in [2.45, 2.75) is 13.0 Å². The summed E-state index contributed by atoms with van der Waals surface area (Å²) in [5.41, 5.74) is 4.58. The number of aromatic nitrogens is 1. The summed E-state index contributed by atoms with van der Waals surface area (Å²) in [5, 5.41) is 3.08. The molecule has 1 aromatic heterocycles. The predicted octanol–water partition coefficient (Wildman–Crippen LogP) is 3.55. The Kier molecular flexibility index (Phi) is 6.40. The van der Waals surface area contributed by atoms with Gasteiger partial charge in [0.05, 0.1) is 13.0 Å². The van der Waals surface area contributed by atoms with Crippen molar-refractivity contribution in [3.05, 3.63) is 84.2 Å². The topological polar surface area (TPSA) is 54.5 Å². The summed E-state index contributed by atoms with van der Waals surface area (Å²) in [4.78, 5) is 19.3. The number of carbonyl (C=O) groups is 1. The summed E-state index contributed by atoms with van der Waals surface area (Å²) in [6, 6.07) is 20.5. The molecule has 2 aromatic carbocycles. The second kappa shape index (κ2) is 9.55. The van der Waals surface area contributed by atoms with E-state index in [-0.39, 0.29) is 11.8 Å². The van der Waals surface area contributed by atoms with Gasteiger partial charge in [0.1, 0.15) is 5.75 Å². The first-order chi connectivity index (χ1) is 14.7. The van der Waals surface area contributed by atoms with Crippen LogP contribution in [0.4, 0.5) is 0 Å². The van der Waals surface area contributed by atoms with Crippen LogP contribution in [0.5, 0.6) is 5.75 Å². The maximum atomic E-state index is 12.7. The second-order valence-corrected chi connectivity index (χ2v) is 7.72. The number of pyridine rings is 1. The molecule has 1 aliphatic rings. The van der Waals surface area contributed by atoms with Gasteiger partial charge < -0.3 is 10.1 Å². The van der Waals surface area contributed by atoms with Gasteiger partial charge in [-0.05, 0) is 46.9 Å². The molecule has 154 valence electrons. The lowest BCUT2D eigenvalue weighted by atomic mass is 9.95. The molecule has 0 aliphatic carbocycles. The first kappa shape index (κ1) is 20.1. The minimum absolute atomic E-state index is 0.0812. The molecule has 1 N–H and O–H groups in total. The number of hydrogen-bond acceptors (Lipinski definition) is 4. The summed E-state index contributed by atoms with van der Waals surface area (Å²) in [7, 11) is 1.68. The smallest absolute Gasteiger partial charge is 0.224 e.